The Kier molecular flexibility index (Phi) is 4.36. The molecule has 0 spiro atoms. The fourth-order valence-corrected chi connectivity index (χ4v) is 3.47. The summed E-state index contributed by atoms with van der Waals surface area (Å²) in [5, 5.41) is 7.29. The fraction of sp³-hybridized carbons (Fsp3) is 0.727. The van der Waals surface area contributed by atoms with Crippen molar-refractivity contribution in [2.45, 2.75) is 31.2 Å². The predicted octanol–water partition coefficient (Wildman–Crippen LogP) is 0.277. The predicted molar refractivity (Wildman–Crippen MR) is 68.8 cm³/mol. The molecule has 102 valence electrons. The minimum Gasteiger partial charge on any atom is -0.315 e. The van der Waals surface area contributed by atoms with Crippen LogP contribution in [0.5, 0.6) is 0 Å². The van der Waals surface area contributed by atoms with Gasteiger partial charge in [-0.05, 0) is 19.4 Å². The molecular weight excluding hydrogens is 252 g/mol. The maximum atomic E-state index is 12.4. The molecule has 1 aromatic rings. The molecule has 2 heterocycles. The minimum absolute atomic E-state index is 0.304. The van der Waals surface area contributed by atoms with Crippen molar-refractivity contribution in [2.75, 3.05) is 26.2 Å². The second-order valence-corrected chi connectivity index (χ2v) is 6.38. The Bertz CT molecular complexity index is 475. The number of nitrogens with zero attached hydrogens (tertiary/aromatic N) is 3. The number of nitrogens with one attached hydrogen (secondary N) is 1. The summed E-state index contributed by atoms with van der Waals surface area (Å²) in [5.41, 5.74) is 0. The van der Waals surface area contributed by atoms with Gasteiger partial charge in [-0.25, -0.2) is 8.42 Å². The van der Waals surface area contributed by atoms with Crippen LogP contribution in [0.15, 0.2) is 17.3 Å². The highest BCUT2D eigenvalue weighted by Gasteiger charge is 2.26. The van der Waals surface area contributed by atoms with E-state index in [1.165, 1.54) is 6.20 Å². The summed E-state index contributed by atoms with van der Waals surface area (Å²) < 4.78 is 28.0. The lowest BCUT2D eigenvalue weighted by molar-refractivity contribution is 0.432. The van der Waals surface area contributed by atoms with Crippen molar-refractivity contribution < 1.29 is 8.42 Å². The summed E-state index contributed by atoms with van der Waals surface area (Å²) in [6.45, 7) is 5.48. The van der Waals surface area contributed by atoms with Crippen LogP contribution in [0.1, 0.15) is 19.8 Å². The molecule has 7 heteroatoms. The standard InChI is InChI=1S/C11H20N4O2S/c1-2-6-14-10-11(9-13-14)18(16,17)15-7-3-4-12-5-8-15/h9-10,12H,2-8H2,1H3. The molecule has 0 unspecified atom stereocenters. The summed E-state index contributed by atoms with van der Waals surface area (Å²) in [6, 6.07) is 0. The Labute approximate surface area is 108 Å². The molecule has 0 radical (unpaired) electrons. The van der Waals surface area contributed by atoms with E-state index < -0.39 is 10.0 Å². The van der Waals surface area contributed by atoms with Gasteiger partial charge in [0.15, 0.2) is 0 Å². The van der Waals surface area contributed by atoms with Crippen LogP contribution >= 0.6 is 0 Å². The lowest BCUT2D eigenvalue weighted by atomic mass is 10.4. The number of rotatable bonds is 4. The third-order valence-electron chi connectivity index (χ3n) is 3.00. The number of hydrogen-bond donors (Lipinski definition) is 1. The van der Waals surface area contributed by atoms with Gasteiger partial charge in [0, 0.05) is 32.4 Å². The molecule has 1 fully saturated rings. The maximum Gasteiger partial charge on any atom is 0.246 e. The van der Waals surface area contributed by atoms with Gasteiger partial charge in [0.1, 0.15) is 4.90 Å². The minimum atomic E-state index is -3.37. The second-order valence-electron chi connectivity index (χ2n) is 4.45. The van der Waals surface area contributed by atoms with Gasteiger partial charge < -0.3 is 5.32 Å². The molecule has 0 amide bonds. The molecule has 1 aliphatic rings. The van der Waals surface area contributed by atoms with Crippen LogP contribution < -0.4 is 5.32 Å². The van der Waals surface area contributed by atoms with Gasteiger partial charge in [-0.3, -0.25) is 4.68 Å². The first-order valence-corrected chi connectivity index (χ1v) is 7.82. The molecule has 1 saturated heterocycles. The Morgan fingerprint density at radius 3 is 3.00 bits per heavy atom. The Hall–Kier alpha value is -0.920. The van der Waals surface area contributed by atoms with Crippen molar-refractivity contribution in [1.82, 2.24) is 19.4 Å². The van der Waals surface area contributed by atoms with E-state index in [0.717, 1.165) is 25.9 Å². The Balaban J connectivity index is 2.17. The number of aromatic nitrogens is 2. The average Bonchev–Trinajstić information content (AvgIpc) is 2.65. The zero-order chi connectivity index (χ0) is 13.0. The topological polar surface area (TPSA) is 67.2 Å². The van der Waals surface area contributed by atoms with E-state index in [1.807, 2.05) is 6.92 Å². The van der Waals surface area contributed by atoms with E-state index in [9.17, 15) is 8.42 Å². The van der Waals surface area contributed by atoms with Gasteiger partial charge in [-0.1, -0.05) is 6.92 Å². The van der Waals surface area contributed by atoms with Gasteiger partial charge in [-0.15, -0.1) is 0 Å². The second kappa shape index (κ2) is 5.81. The van der Waals surface area contributed by atoms with Gasteiger partial charge in [0.25, 0.3) is 0 Å². The zero-order valence-electron chi connectivity index (χ0n) is 10.7. The van der Waals surface area contributed by atoms with Crippen LogP contribution in [0.3, 0.4) is 0 Å². The van der Waals surface area contributed by atoms with E-state index in [-0.39, 0.29) is 0 Å². The fourth-order valence-electron chi connectivity index (χ4n) is 2.04. The third kappa shape index (κ3) is 2.90. The van der Waals surface area contributed by atoms with Crippen LogP contribution in [0.2, 0.25) is 0 Å². The van der Waals surface area contributed by atoms with Crippen LogP contribution in [-0.4, -0.2) is 48.7 Å². The summed E-state index contributed by atoms with van der Waals surface area (Å²) in [5.74, 6) is 0. The summed E-state index contributed by atoms with van der Waals surface area (Å²) in [4.78, 5) is 0.304. The van der Waals surface area contributed by atoms with Crippen molar-refractivity contribution in [1.29, 1.82) is 0 Å². The highest BCUT2D eigenvalue weighted by molar-refractivity contribution is 7.89. The van der Waals surface area contributed by atoms with Crippen molar-refractivity contribution >= 4 is 10.0 Å². The summed E-state index contributed by atoms with van der Waals surface area (Å²) >= 11 is 0. The monoisotopic (exact) mass is 272 g/mol. The molecule has 0 bridgehead atoms. The largest absolute Gasteiger partial charge is 0.315 e. The summed E-state index contributed by atoms with van der Waals surface area (Å²) in [6.07, 6.45) is 4.86. The van der Waals surface area contributed by atoms with Crippen molar-refractivity contribution in [2.24, 2.45) is 0 Å². The molecule has 18 heavy (non-hydrogen) atoms. The molecule has 0 aliphatic carbocycles. The first kappa shape index (κ1) is 13.5. The smallest absolute Gasteiger partial charge is 0.246 e. The van der Waals surface area contributed by atoms with Crippen LogP contribution in [0.4, 0.5) is 0 Å². The Morgan fingerprint density at radius 2 is 2.22 bits per heavy atom. The van der Waals surface area contributed by atoms with Crippen LogP contribution in [0, 0.1) is 0 Å². The molecule has 0 atom stereocenters. The van der Waals surface area contributed by atoms with E-state index in [4.69, 9.17) is 0 Å². The van der Waals surface area contributed by atoms with Gasteiger partial charge >= 0.3 is 0 Å². The molecular formula is C11H20N4O2S. The van der Waals surface area contributed by atoms with E-state index >= 15 is 0 Å². The van der Waals surface area contributed by atoms with E-state index in [1.54, 1.807) is 15.2 Å². The molecule has 0 saturated carbocycles. The molecule has 0 aromatic carbocycles. The normalized spacial score (nSPS) is 18.7. The number of aryl methyl sites for hydroxylation is 1. The molecule has 2 rings (SSSR count). The van der Waals surface area contributed by atoms with Gasteiger partial charge in [0.05, 0.1) is 6.20 Å². The lowest BCUT2D eigenvalue weighted by Crippen LogP contribution is -2.34. The van der Waals surface area contributed by atoms with Crippen LogP contribution in [-0.2, 0) is 16.6 Å². The molecule has 1 N–H and O–H groups in total. The first-order valence-electron chi connectivity index (χ1n) is 6.38. The van der Waals surface area contributed by atoms with Gasteiger partial charge in [0.2, 0.25) is 10.0 Å². The molecule has 1 aliphatic heterocycles. The average molecular weight is 272 g/mol. The molecule has 6 nitrogen and oxygen atoms in total. The maximum absolute atomic E-state index is 12.4. The van der Waals surface area contributed by atoms with Crippen LogP contribution in [0.25, 0.3) is 0 Å². The summed E-state index contributed by atoms with van der Waals surface area (Å²) in [7, 11) is -3.37. The van der Waals surface area contributed by atoms with E-state index in [2.05, 4.69) is 10.4 Å². The van der Waals surface area contributed by atoms with E-state index in [0.29, 0.717) is 24.5 Å². The first-order chi connectivity index (χ1) is 8.64. The quantitative estimate of drug-likeness (QED) is 0.855. The number of sulfonamides is 1. The molecule has 1 aromatic heterocycles. The van der Waals surface area contributed by atoms with Crippen molar-refractivity contribution in [3.05, 3.63) is 12.4 Å². The SMILES string of the molecule is CCCn1cc(S(=O)(=O)N2CCCNCC2)cn1. The van der Waals surface area contributed by atoms with Crippen molar-refractivity contribution in [3.8, 4) is 0 Å². The lowest BCUT2D eigenvalue weighted by Gasteiger charge is -2.18. The zero-order valence-corrected chi connectivity index (χ0v) is 11.5. The highest BCUT2D eigenvalue weighted by Crippen LogP contribution is 2.15. The Morgan fingerprint density at radius 1 is 1.39 bits per heavy atom. The third-order valence-corrected chi connectivity index (χ3v) is 4.85. The number of hydrogen-bond acceptors (Lipinski definition) is 4. The highest BCUT2D eigenvalue weighted by atomic mass is 32.2. The van der Waals surface area contributed by atoms with Crippen molar-refractivity contribution in [3.63, 3.8) is 0 Å². The van der Waals surface area contributed by atoms with Gasteiger partial charge in [-0.2, -0.15) is 9.40 Å².